The van der Waals surface area contributed by atoms with Crippen molar-refractivity contribution in [2.45, 2.75) is 25.7 Å². The van der Waals surface area contributed by atoms with Gasteiger partial charge in [0.15, 0.2) is 6.23 Å². The van der Waals surface area contributed by atoms with Crippen molar-refractivity contribution in [1.29, 1.82) is 0 Å². The Hall–Kier alpha value is -3.11. The van der Waals surface area contributed by atoms with Crippen LogP contribution in [0.2, 0.25) is 0 Å². The van der Waals surface area contributed by atoms with Crippen LogP contribution in [-0.2, 0) is 17.4 Å². The lowest BCUT2D eigenvalue weighted by Crippen LogP contribution is -2.31. The molecule has 10 heteroatoms. The van der Waals surface area contributed by atoms with Gasteiger partial charge in [0.25, 0.3) is 0 Å². The highest BCUT2D eigenvalue weighted by Gasteiger charge is 2.30. The van der Waals surface area contributed by atoms with E-state index in [1.54, 1.807) is 17.4 Å². The number of aromatic nitrogens is 2. The van der Waals surface area contributed by atoms with Crippen molar-refractivity contribution in [3.05, 3.63) is 70.4 Å². The summed E-state index contributed by atoms with van der Waals surface area (Å²) >= 11 is 1.56. The molecule has 0 spiro atoms. The Bertz CT molecular complexity index is 1120. The van der Waals surface area contributed by atoms with Gasteiger partial charge >= 0.3 is 6.18 Å². The maximum Gasteiger partial charge on any atom is 0.416 e. The summed E-state index contributed by atoms with van der Waals surface area (Å²) in [7, 11) is 0. The molecular weight excluding hydrogens is 429 g/mol. The van der Waals surface area contributed by atoms with E-state index < -0.39 is 18.0 Å². The lowest BCUT2D eigenvalue weighted by molar-refractivity contribution is -0.137. The molecule has 3 N–H and O–H groups in total. The van der Waals surface area contributed by atoms with E-state index in [1.807, 2.05) is 24.4 Å². The summed E-state index contributed by atoms with van der Waals surface area (Å²) in [5, 5.41) is 22.7. The minimum absolute atomic E-state index is 0.0501. The Labute approximate surface area is 180 Å². The van der Waals surface area contributed by atoms with Crippen LogP contribution < -0.4 is 10.6 Å². The van der Waals surface area contributed by atoms with E-state index in [0.29, 0.717) is 17.1 Å². The summed E-state index contributed by atoms with van der Waals surface area (Å²) in [4.78, 5) is 13.3. The second-order valence-corrected chi connectivity index (χ2v) is 8.06. The number of rotatable bonds is 5. The molecule has 0 fully saturated rings. The third-order valence-electron chi connectivity index (χ3n) is 4.85. The van der Waals surface area contributed by atoms with Crippen LogP contribution in [0.5, 0.6) is 0 Å². The Kier molecular flexibility index (Phi) is 5.59. The smallest absolute Gasteiger partial charge is 0.368 e. The minimum atomic E-state index is -4.41. The number of alkyl halides is 3. The van der Waals surface area contributed by atoms with Crippen LogP contribution in [0, 0.1) is 6.92 Å². The van der Waals surface area contributed by atoms with Crippen LogP contribution in [0.15, 0.2) is 53.6 Å². The number of thiophene rings is 1. The molecule has 1 aliphatic rings. The molecule has 1 amide bonds. The first-order valence-corrected chi connectivity index (χ1v) is 10.3. The number of amides is 1. The molecule has 1 atom stereocenters. The van der Waals surface area contributed by atoms with Gasteiger partial charge in [-0.05, 0) is 42.1 Å². The van der Waals surface area contributed by atoms with Gasteiger partial charge in [0.1, 0.15) is 5.82 Å². The van der Waals surface area contributed by atoms with Crippen molar-refractivity contribution < 1.29 is 23.1 Å². The molecule has 0 aliphatic carbocycles. The quantitative estimate of drug-likeness (QED) is 0.549. The van der Waals surface area contributed by atoms with Crippen LogP contribution in [-0.4, -0.2) is 27.3 Å². The summed E-state index contributed by atoms with van der Waals surface area (Å²) in [5.41, 5.74) is 1.97. The molecule has 162 valence electrons. The zero-order valence-corrected chi connectivity index (χ0v) is 17.2. The van der Waals surface area contributed by atoms with Crippen molar-refractivity contribution >= 4 is 23.1 Å². The summed E-state index contributed by atoms with van der Waals surface area (Å²) in [5.74, 6) is 0.299. The van der Waals surface area contributed by atoms with Crippen molar-refractivity contribution in [2.75, 3.05) is 11.9 Å². The summed E-state index contributed by atoms with van der Waals surface area (Å²) in [6.07, 6.45) is -3.89. The van der Waals surface area contributed by atoms with E-state index in [9.17, 15) is 23.1 Å². The van der Waals surface area contributed by atoms with Crippen LogP contribution in [0.4, 0.5) is 19.0 Å². The number of carbonyl (C=O) groups is 1. The van der Waals surface area contributed by atoms with E-state index in [-0.39, 0.29) is 18.9 Å². The van der Waals surface area contributed by atoms with E-state index in [0.717, 1.165) is 28.3 Å². The number of anilines is 1. The molecule has 1 unspecified atom stereocenters. The van der Waals surface area contributed by atoms with Gasteiger partial charge in [0, 0.05) is 10.6 Å². The molecular formula is C21H19F3N4O2S. The Morgan fingerprint density at radius 3 is 2.68 bits per heavy atom. The highest BCUT2D eigenvalue weighted by Crippen LogP contribution is 2.38. The molecule has 1 aliphatic heterocycles. The van der Waals surface area contributed by atoms with Crippen LogP contribution in [0.1, 0.15) is 23.0 Å². The number of benzene rings is 1. The van der Waals surface area contributed by atoms with Gasteiger partial charge in [-0.1, -0.05) is 18.2 Å². The van der Waals surface area contributed by atoms with Crippen molar-refractivity contribution in [2.24, 2.45) is 0 Å². The number of halogens is 3. The average Bonchev–Trinajstić information content (AvgIpc) is 3.33. The number of aryl methyl sites for hydroxylation is 1. The molecule has 31 heavy (non-hydrogen) atoms. The maximum atomic E-state index is 12.6. The fourth-order valence-electron chi connectivity index (χ4n) is 3.38. The topological polar surface area (TPSA) is 79.2 Å². The number of nitrogens with one attached hydrogen (secondary N) is 2. The molecule has 2 aromatic heterocycles. The van der Waals surface area contributed by atoms with Gasteiger partial charge in [-0.2, -0.15) is 18.3 Å². The Balaban J connectivity index is 1.40. The Morgan fingerprint density at radius 2 is 2.03 bits per heavy atom. The fraction of sp³-hybridized carbons (Fsp3) is 0.238. The molecule has 0 saturated carbocycles. The van der Waals surface area contributed by atoms with Gasteiger partial charge in [0.2, 0.25) is 5.91 Å². The number of carbonyl (C=O) groups excluding carboxylic acids is 1. The molecule has 4 rings (SSSR count). The van der Waals surface area contributed by atoms with Crippen LogP contribution in [0.3, 0.4) is 0 Å². The zero-order valence-electron chi connectivity index (χ0n) is 16.4. The molecule has 6 nitrogen and oxygen atoms in total. The second-order valence-electron chi connectivity index (χ2n) is 7.11. The highest BCUT2D eigenvalue weighted by atomic mass is 32.1. The lowest BCUT2D eigenvalue weighted by atomic mass is 10.1. The monoisotopic (exact) mass is 448 g/mol. The number of hydrogen-bond acceptors (Lipinski definition) is 5. The number of aliphatic hydroxyl groups is 1. The molecule has 1 aromatic carbocycles. The van der Waals surface area contributed by atoms with E-state index in [2.05, 4.69) is 15.7 Å². The first-order valence-electron chi connectivity index (χ1n) is 9.44. The summed E-state index contributed by atoms with van der Waals surface area (Å²) in [6.45, 7) is 1.99. The standard InChI is InChI=1S/C21H19F3N4O2S/c1-12-19(16-3-2-8-31-16)20-26-15(10-18(30)28(20)27-12)11-25-17(29)9-13-4-6-14(7-5-13)21(22,23)24/h2-8,10,18,26,30H,9,11H2,1H3,(H,25,29). The van der Waals surface area contributed by atoms with E-state index in [1.165, 1.54) is 16.8 Å². The van der Waals surface area contributed by atoms with Gasteiger partial charge in [-0.15, -0.1) is 11.3 Å². The zero-order chi connectivity index (χ0) is 22.2. The first kappa shape index (κ1) is 21.1. The first-order chi connectivity index (χ1) is 14.7. The van der Waals surface area contributed by atoms with Gasteiger partial charge in [0.05, 0.1) is 29.8 Å². The largest absolute Gasteiger partial charge is 0.416 e. The fourth-order valence-corrected chi connectivity index (χ4v) is 4.20. The van der Waals surface area contributed by atoms with Gasteiger partial charge in [-0.3, -0.25) is 4.79 Å². The predicted octanol–water partition coefficient (Wildman–Crippen LogP) is 4.10. The third-order valence-corrected chi connectivity index (χ3v) is 5.74. The second kappa shape index (κ2) is 8.20. The number of aliphatic hydroxyl groups excluding tert-OH is 1. The highest BCUT2D eigenvalue weighted by molar-refractivity contribution is 7.13. The minimum Gasteiger partial charge on any atom is -0.368 e. The third kappa shape index (κ3) is 4.49. The predicted molar refractivity (Wildman–Crippen MR) is 111 cm³/mol. The SMILES string of the molecule is Cc1nn2c(c1-c1cccs1)NC(CNC(=O)Cc1ccc(C(F)(F)F)cc1)=CC2O. The molecule has 0 radical (unpaired) electrons. The van der Waals surface area contributed by atoms with Crippen LogP contribution in [0.25, 0.3) is 10.4 Å². The van der Waals surface area contributed by atoms with E-state index in [4.69, 9.17) is 0 Å². The number of hydrogen-bond donors (Lipinski definition) is 3. The van der Waals surface area contributed by atoms with E-state index >= 15 is 0 Å². The summed E-state index contributed by atoms with van der Waals surface area (Å²) in [6, 6.07) is 8.39. The average molecular weight is 448 g/mol. The van der Waals surface area contributed by atoms with Gasteiger partial charge < -0.3 is 15.7 Å². The molecule has 3 aromatic rings. The number of nitrogens with zero attached hydrogens (tertiary/aromatic N) is 2. The van der Waals surface area contributed by atoms with Crippen LogP contribution >= 0.6 is 11.3 Å². The van der Waals surface area contributed by atoms with Gasteiger partial charge in [-0.25, -0.2) is 4.68 Å². The lowest BCUT2D eigenvalue weighted by Gasteiger charge is -2.22. The maximum absolute atomic E-state index is 12.6. The number of fused-ring (bicyclic) bond motifs is 1. The summed E-state index contributed by atoms with van der Waals surface area (Å²) < 4.78 is 39.4. The van der Waals surface area contributed by atoms with Crippen molar-refractivity contribution in [3.8, 4) is 10.4 Å². The molecule has 0 bridgehead atoms. The van der Waals surface area contributed by atoms with Crippen molar-refractivity contribution in [1.82, 2.24) is 15.1 Å². The molecule has 0 saturated heterocycles. The van der Waals surface area contributed by atoms with Crippen molar-refractivity contribution in [3.63, 3.8) is 0 Å². The Morgan fingerprint density at radius 1 is 1.29 bits per heavy atom. The normalized spacial score (nSPS) is 15.8. The molecule has 3 heterocycles.